The van der Waals surface area contributed by atoms with E-state index in [0.717, 1.165) is 0 Å². The lowest BCUT2D eigenvalue weighted by atomic mass is 10.0. The van der Waals surface area contributed by atoms with E-state index < -0.39 is 11.6 Å². The molecular weight excluding hydrogens is 370 g/mol. The number of aromatic carboxylic acids is 1. The number of hydrogen-bond acceptors (Lipinski definition) is 4. The Morgan fingerprint density at radius 3 is 2.59 bits per heavy atom. The molecule has 0 radical (unpaired) electrons. The van der Waals surface area contributed by atoms with Crippen molar-refractivity contribution in [1.29, 1.82) is 0 Å². The number of halogens is 1. The van der Waals surface area contributed by atoms with Crippen LogP contribution in [0.2, 0.25) is 5.02 Å². The third-order valence-electron chi connectivity index (χ3n) is 4.23. The Morgan fingerprint density at radius 2 is 1.93 bits per heavy atom. The number of carbonyl (C=O) groups is 2. The van der Waals surface area contributed by atoms with Crippen molar-refractivity contribution < 1.29 is 24.2 Å². The fourth-order valence-corrected chi connectivity index (χ4v) is 3.00. The van der Waals surface area contributed by atoms with Crippen LogP contribution in [-0.2, 0) is 4.79 Å². The molecule has 1 aliphatic heterocycles. The topological polar surface area (TPSA) is 76.1 Å². The summed E-state index contributed by atoms with van der Waals surface area (Å²) in [5, 5.41) is 9.81. The molecule has 0 fully saturated rings. The Balaban J connectivity index is 1.71. The largest absolute Gasteiger partial charge is 0.494 e. The SMILES string of the molecule is CC1(C)Oc2cc(C(=O)O)ccc2N(CCCOc2ccc(Cl)cc2)C1=O. The summed E-state index contributed by atoms with van der Waals surface area (Å²) < 4.78 is 11.4. The van der Waals surface area contributed by atoms with Crippen LogP contribution in [0.15, 0.2) is 42.5 Å². The van der Waals surface area contributed by atoms with Gasteiger partial charge in [0.25, 0.3) is 5.91 Å². The predicted octanol–water partition coefficient (Wildman–Crippen LogP) is 4.01. The standard InChI is InChI=1S/C20H20ClNO5/c1-20(2)19(25)22(10-3-11-26-15-7-5-14(21)6-8-15)16-9-4-13(18(23)24)12-17(16)27-20/h4-9,12H,3,10-11H2,1-2H3,(H,23,24). The van der Waals surface area contributed by atoms with E-state index in [0.29, 0.717) is 41.8 Å². The zero-order valence-electron chi connectivity index (χ0n) is 15.1. The highest BCUT2D eigenvalue weighted by Gasteiger charge is 2.40. The van der Waals surface area contributed by atoms with E-state index in [9.17, 15) is 14.7 Å². The molecule has 1 N–H and O–H groups in total. The van der Waals surface area contributed by atoms with Crippen LogP contribution in [0.4, 0.5) is 5.69 Å². The average Bonchev–Trinajstić information content (AvgIpc) is 2.62. The van der Waals surface area contributed by atoms with Gasteiger partial charge in [0, 0.05) is 11.6 Å². The number of benzene rings is 2. The van der Waals surface area contributed by atoms with Gasteiger partial charge in [-0.15, -0.1) is 0 Å². The molecule has 2 aromatic rings. The average molecular weight is 390 g/mol. The second kappa shape index (κ2) is 7.48. The van der Waals surface area contributed by atoms with Crippen LogP contribution in [0.25, 0.3) is 0 Å². The number of fused-ring (bicyclic) bond motifs is 1. The summed E-state index contributed by atoms with van der Waals surface area (Å²) >= 11 is 5.85. The van der Waals surface area contributed by atoms with Gasteiger partial charge in [0.1, 0.15) is 11.5 Å². The first-order valence-corrected chi connectivity index (χ1v) is 8.92. The molecule has 0 bridgehead atoms. The summed E-state index contributed by atoms with van der Waals surface area (Å²) in [5.41, 5.74) is -0.387. The molecule has 0 atom stereocenters. The van der Waals surface area contributed by atoms with Gasteiger partial charge in [0.05, 0.1) is 17.9 Å². The highest BCUT2D eigenvalue weighted by Crippen LogP contribution is 2.38. The van der Waals surface area contributed by atoms with Crippen molar-refractivity contribution in [2.45, 2.75) is 25.9 Å². The molecule has 7 heteroatoms. The quantitative estimate of drug-likeness (QED) is 0.755. The predicted molar refractivity (Wildman–Crippen MR) is 102 cm³/mol. The molecule has 2 aromatic carbocycles. The normalized spacial score (nSPS) is 15.1. The van der Waals surface area contributed by atoms with Crippen LogP contribution in [0.3, 0.4) is 0 Å². The van der Waals surface area contributed by atoms with E-state index in [1.165, 1.54) is 12.1 Å². The molecule has 0 unspecified atom stereocenters. The molecule has 0 saturated carbocycles. The number of nitrogens with zero attached hydrogens (tertiary/aromatic N) is 1. The number of carboxylic acid groups (broad SMARTS) is 1. The van der Waals surface area contributed by atoms with Crippen molar-refractivity contribution >= 4 is 29.2 Å². The molecule has 142 valence electrons. The van der Waals surface area contributed by atoms with Gasteiger partial charge in [-0.05, 0) is 62.7 Å². The maximum absolute atomic E-state index is 12.8. The molecule has 6 nitrogen and oxygen atoms in total. The van der Waals surface area contributed by atoms with Crippen LogP contribution >= 0.6 is 11.6 Å². The van der Waals surface area contributed by atoms with E-state index in [2.05, 4.69) is 0 Å². The molecular formula is C20H20ClNO5. The van der Waals surface area contributed by atoms with Gasteiger partial charge in [-0.2, -0.15) is 0 Å². The van der Waals surface area contributed by atoms with Crippen LogP contribution < -0.4 is 14.4 Å². The Kier molecular flexibility index (Phi) is 5.28. The minimum absolute atomic E-state index is 0.116. The molecule has 0 aliphatic carbocycles. The number of hydrogen-bond donors (Lipinski definition) is 1. The van der Waals surface area contributed by atoms with Crippen LogP contribution in [0, 0.1) is 0 Å². The van der Waals surface area contributed by atoms with Crippen molar-refractivity contribution in [3.05, 3.63) is 53.1 Å². The van der Waals surface area contributed by atoms with Crippen molar-refractivity contribution in [1.82, 2.24) is 0 Å². The lowest BCUT2D eigenvalue weighted by molar-refractivity contribution is -0.132. The first-order valence-electron chi connectivity index (χ1n) is 8.54. The fraction of sp³-hybridized carbons (Fsp3) is 0.300. The van der Waals surface area contributed by atoms with Crippen LogP contribution in [0.1, 0.15) is 30.6 Å². The molecule has 3 rings (SSSR count). The second-order valence-corrected chi connectivity index (χ2v) is 7.15. The second-order valence-electron chi connectivity index (χ2n) is 6.71. The van der Waals surface area contributed by atoms with E-state index in [1.54, 1.807) is 49.1 Å². The van der Waals surface area contributed by atoms with E-state index >= 15 is 0 Å². The number of carboxylic acids is 1. The molecule has 1 aliphatic rings. The van der Waals surface area contributed by atoms with Gasteiger partial charge in [0.15, 0.2) is 5.60 Å². The van der Waals surface area contributed by atoms with E-state index in [1.807, 2.05) is 0 Å². The Labute approximate surface area is 162 Å². The zero-order valence-corrected chi connectivity index (χ0v) is 15.8. The number of rotatable bonds is 6. The molecule has 0 saturated heterocycles. The van der Waals surface area contributed by atoms with Crippen molar-refractivity contribution in [3.8, 4) is 11.5 Å². The zero-order chi connectivity index (χ0) is 19.6. The summed E-state index contributed by atoms with van der Waals surface area (Å²) in [7, 11) is 0. The Hall–Kier alpha value is -2.73. The highest BCUT2D eigenvalue weighted by atomic mass is 35.5. The number of anilines is 1. The summed E-state index contributed by atoms with van der Waals surface area (Å²) in [4.78, 5) is 25.6. The summed E-state index contributed by atoms with van der Waals surface area (Å²) in [6.07, 6.45) is 0.602. The lowest BCUT2D eigenvalue weighted by Gasteiger charge is -2.39. The van der Waals surface area contributed by atoms with Crippen molar-refractivity contribution in [3.63, 3.8) is 0 Å². The number of carbonyl (C=O) groups excluding carboxylic acids is 1. The van der Waals surface area contributed by atoms with Crippen molar-refractivity contribution in [2.75, 3.05) is 18.1 Å². The van der Waals surface area contributed by atoms with Crippen LogP contribution in [0.5, 0.6) is 11.5 Å². The first-order chi connectivity index (χ1) is 12.8. The number of ether oxygens (including phenoxy) is 2. The highest BCUT2D eigenvalue weighted by molar-refractivity contribution is 6.30. The van der Waals surface area contributed by atoms with Crippen LogP contribution in [-0.4, -0.2) is 35.7 Å². The fourth-order valence-electron chi connectivity index (χ4n) is 2.87. The van der Waals surface area contributed by atoms with Gasteiger partial charge in [-0.25, -0.2) is 4.79 Å². The Morgan fingerprint density at radius 1 is 1.22 bits per heavy atom. The third kappa shape index (κ3) is 4.17. The molecule has 0 spiro atoms. The van der Waals surface area contributed by atoms with E-state index in [4.69, 9.17) is 21.1 Å². The smallest absolute Gasteiger partial charge is 0.335 e. The maximum Gasteiger partial charge on any atom is 0.335 e. The molecule has 27 heavy (non-hydrogen) atoms. The summed E-state index contributed by atoms with van der Waals surface area (Å²) in [5.74, 6) is -0.124. The Bertz CT molecular complexity index is 863. The van der Waals surface area contributed by atoms with Gasteiger partial charge in [-0.1, -0.05) is 11.6 Å². The lowest BCUT2D eigenvalue weighted by Crippen LogP contribution is -2.53. The monoisotopic (exact) mass is 389 g/mol. The van der Waals surface area contributed by atoms with Gasteiger partial charge < -0.3 is 19.5 Å². The van der Waals surface area contributed by atoms with E-state index in [-0.39, 0.29) is 11.5 Å². The summed E-state index contributed by atoms with van der Waals surface area (Å²) in [6.45, 7) is 4.19. The minimum atomic E-state index is -1.07. The molecule has 0 aromatic heterocycles. The van der Waals surface area contributed by atoms with Gasteiger partial charge in [-0.3, -0.25) is 4.79 Å². The number of amides is 1. The summed E-state index contributed by atoms with van der Waals surface area (Å²) in [6, 6.07) is 11.6. The van der Waals surface area contributed by atoms with Crippen molar-refractivity contribution in [2.24, 2.45) is 0 Å². The maximum atomic E-state index is 12.8. The minimum Gasteiger partial charge on any atom is -0.494 e. The van der Waals surface area contributed by atoms with Gasteiger partial charge in [0.2, 0.25) is 0 Å². The van der Waals surface area contributed by atoms with Gasteiger partial charge >= 0.3 is 5.97 Å². The molecule has 1 amide bonds. The first kappa shape index (κ1) is 19.0. The third-order valence-corrected chi connectivity index (χ3v) is 4.48. The molecule has 1 heterocycles.